The van der Waals surface area contributed by atoms with Crippen LogP contribution in [0, 0.1) is 20.8 Å². The van der Waals surface area contributed by atoms with E-state index >= 15 is 0 Å². The average molecular weight is 300 g/mol. The van der Waals surface area contributed by atoms with Crippen LogP contribution in [-0.2, 0) is 0 Å². The lowest BCUT2D eigenvalue weighted by molar-refractivity contribution is -0.110. The molecule has 0 heterocycles. The minimum Gasteiger partial charge on any atom is -0.254 e. The van der Waals surface area contributed by atoms with Crippen molar-refractivity contribution in [2.75, 3.05) is 0 Å². The number of nitrogens with two attached hydrogens (primary N) is 1. The smallest absolute Gasteiger partial charge is 0.196 e. The van der Waals surface area contributed by atoms with Crippen molar-refractivity contribution >= 4 is 11.3 Å². The Balaban J connectivity index is 2.22. The molecule has 2 aromatic carbocycles. The number of rotatable bonds is 2. The van der Waals surface area contributed by atoms with E-state index in [0.29, 0.717) is 0 Å². The predicted octanol–water partition coefficient (Wildman–Crippen LogP) is 3.74. The molecule has 0 aliphatic heterocycles. The van der Waals surface area contributed by atoms with Crippen molar-refractivity contribution in [3.05, 3.63) is 100 Å². The van der Waals surface area contributed by atoms with Gasteiger partial charge < -0.3 is 0 Å². The van der Waals surface area contributed by atoms with Crippen molar-refractivity contribution in [3.63, 3.8) is 0 Å². The lowest BCUT2D eigenvalue weighted by atomic mass is 9.89. The van der Waals surface area contributed by atoms with Gasteiger partial charge in [-0.3, -0.25) is 5.41 Å². The van der Waals surface area contributed by atoms with Gasteiger partial charge in [0.1, 0.15) is 0 Å². The van der Waals surface area contributed by atoms with Gasteiger partial charge in [0.15, 0.2) is 5.71 Å². The molecule has 2 N–H and O–H groups in total. The van der Waals surface area contributed by atoms with E-state index in [0.717, 1.165) is 5.71 Å². The second kappa shape index (κ2) is 6.21. The minimum absolute atomic E-state index is 0.789. The molecule has 0 saturated heterocycles. The van der Waals surface area contributed by atoms with Gasteiger partial charge in [0.25, 0.3) is 0 Å². The zero-order valence-corrected chi connectivity index (χ0v) is 13.9. The molecule has 23 heavy (non-hydrogen) atoms. The number of benzene rings is 2. The summed E-state index contributed by atoms with van der Waals surface area (Å²) in [5.74, 6) is 0. The van der Waals surface area contributed by atoms with E-state index in [1.54, 1.807) is 0 Å². The molecule has 0 amide bonds. The molecule has 2 aromatic rings. The number of hydrogen-bond donors (Lipinski definition) is 1. The molecule has 1 aliphatic rings. The Bertz CT molecular complexity index is 828. The van der Waals surface area contributed by atoms with E-state index in [4.69, 9.17) is 5.41 Å². The van der Waals surface area contributed by atoms with Crippen molar-refractivity contribution in [1.82, 2.24) is 0 Å². The Morgan fingerprint density at radius 2 is 1.30 bits per heavy atom. The molecule has 0 aromatic heterocycles. The van der Waals surface area contributed by atoms with Crippen LogP contribution in [0.15, 0.2) is 72.3 Å². The van der Waals surface area contributed by atoms with E-state index in [9.17, 15) is 0 Å². The molecule has 0 fully saturated rings. The molecule has 1 nitrogen and oxygen atoms in total. The molecule has 0 atom stereocenters. The summed E-state index contributed by atoms with van der Waals surface area (Å²) in [6, 6.07) is 15.4. The Labute approximate surface area is 138 Å². The molecular formula is C22H22N+. The predicted molar refractivity (Wildman–Crippen MR) is 98.3 cm³/mol. The van der Waals surface area contributed by atoms with Gasteiger partial charge in [0, 0.05) is 12.2 Å². The van der Waals surface area contributed by atoms with Crippen molar-refractivity contribution < 1.29 is 5.41 Å². The summed E-state index contributed by atoms with van der Waals surface area (Å²) in [4.78, 5) is 0. The minimum atomic E-state index is 0.789. The summed E-state index contributed by atoms with van der Waals surface area (Å²) >= 11 is 0. The van der Waals surface area contributed by atoms with E-state index < -0.39 is 0 Å². The Morgan fingerprint density at radius 1 is 0.696 bits per heavy atom. The number of allylic oxidation sites excluding steroid dienone is 5. The summed E-state index contributed by atoms with van der Waals surface area (Å²) in [6.07, 6.45) is 8.12. The first-order chi connectivity index (χ1) is 11.0. The average Bonchev–Trinajstić information content (AvgIpc) is 2.55. The molecule has 3 rings (SSSR count). The topological polar surface area (TPSA) is 25.6 Å². The highest BCUT2D eigenvalue weighted by Crippen LogP contribution is 2.30. The van der Waals surface area contributed by atoms with E-state index in [2.05, 4.69) is 75.4 Å². The molecule has 0 unspecified atom stereocenters. The van der Waals surface area contributed by atoms with Crippen molar-refractivity contribution in [3.8, 4) is 0 Å². The van der Waals surface area contributed by atoms with Gasteiger partial charge in [-0.2, -0.15) is 0 Å². The van der Waals surface area contributed by atoms with Crippen LogP contribution in [0.3, 0.4) is 0 Å². The highest BCUT2D eigenvalue weighted by atomic mass is 14.4. The van der Waals surface area contributed by atoms with Gasteiger partial charge in [0.05, 0.1) is 0 Å². The van der Waals surface area contributed by atoms with Crippen LogP contribution < -0.4 is 5.41 Å². The molecule has 1 heteroatoms. The zero-order valence-electron chi connectivity index (χ0n) is 13.9. The summed E-state index contributed by atoms with van der Waals surface area (Å²) in [6.45, 7) is 6.42. The summed E-state index contributed by atoms with van der Waals surface area (Å²) < 4.78 is 0. The third-order valence-corrected chi connectivity index (χ3v) is 4.34. The Morgan fingerprint density at radius 3 is 1.91 bits per heavy atom. The van der Waals surface area contributed by atoms with Gasteiger partial charge >= 0.3 is 0 Å². The fourth-order valence-corrected chi connectivity index (χ4v) is 2.77. The summed E-state index contributed by atoms with van der Waals surface area (Å²) in [7, 11) is 0. The van der Waals surface area contributed by atoms with Gasteiger partial charge in [-0.15, -0.1) is 0 Å². The second-order valence-corrected chi connectivity index (χ2v) is 6.16. The second-order valence-electron chi connectivity index (χ2n) is 6.16. The summed E-state index contributed by atoms with van der Waals surface area (Å²) in [5.41, 5.74) is 9.57. The van der Waals surface area contributed by atoms with Crippen LogP contribution >= 0.6 is 0 Å². The fraction of sp³-hybridized carbons (Fsp3) is 0.136. The third-order valence-electron chi connectivity index (χ3n) is 4.34. The Kier molecular flexibility index (Phi) is 4.12. The summed E-state index contributed by atoms with van der Waals surface area (Å²) in [5, 5.41) is 5.86. The maximum absolute atomic E-state index is 5.86. The standard InChI is InChI=1S/C22H21N/c1-15-4-7-18(8-5-15)22(19-10-12-21(23)13-11-19)20-9-6-16(2)17(3)14-20/h4-14,23H,1-3H3/p+1. The maximum Gasteiger partial charge on any atom is 0.196 e. The maximum atomic E-state index is 5.86. The van der Waals surface area contributed by atoms with Gasteiger partial charge in [-0.1, -0.05) is 48.0 Å². The molecule has 114 valence electrons. The van der Waals surface area contributed by atoms with Gasteiger partial charge in [0.2, 0.25) is 0 Å². The van der Waals surface area contributed by atoms with E-state index in [-0.39, 0.29) is 0 Å². The highest BCUT2D eigenvalue weighted by molar-refractivity contribution is 6.03. The van der Waals surface area contributed by atoms with Gasteiger partial charge in [-0.25, -0.2) is 0 Å². The molecular weight excluding hydrogens is 278 g/mol. The number of aryl methyl sites for hydroxylation is 3. The van der Waals surface area contributed by atoms with Crippen LogP contribution in [-0.4, -0.2) is 5.71 Å². The lowest BCUT2D eigenvalue weighted by Crippen LogP contribution is -2.37. The van der Waals surface area contributed by atoms with Crippen LogP contribution in [0.2, 0.25) is 0 Å². The first-order valence-corrected chi connectivity index (χ1v) is 7.92. The fourth-order valence-electron chi connectivity index (χ4n) is 2.77. The monoisotopic (exact) mass is 300 g/mol. The van der Waals surface area contributed by atoms with Crippen molar-refractivity contribution in [2.24, 2.45) is 0 Å². The molecule has 0 bridgehead atoms. The highest BCUT2D eigenvalue weighted by Gasteiger charge is 2.12. The number of hydrogen-bond acceptors (Lipinski definition) is 0. The van der Waals surface area contributed by atoms with Crippen LogP contribution in [0.25, 0.3) is 5.57 Å². The lowest BCUT2D eigenvalue weighted by Gasteiger charge is -2.15. The van der Waals surface area contributed by atoms with Gasteiger partial charge in [-0.05, 0) is 66.3 Å². The largest absolute Gasteiger partial charge is 0.254 e. The molecule has 0 saturated carbocycles. The van der Waals surface area contributed by atoms with E-state index in [1.807, 2.05) is 12.2 Å². The van der Waals surface area contributed by atoms with Crippen LogP contribution in [0.4, 0.5) is 0 Å². The first kappa shape index (κ1) is 15.2. The van der Waals surface area contributed by atoms with Crippen LogP contribution in [0.5, 0.6) is 0 Å². The third kappa shape index (κ3) is 3.24. The normalized spacial score (nSPS) is 13.5. The quantitative estimate of drug-likeness (QED) is 0.874. The van der Waals surface area contributed by atoms with E-state index in [1.165, 1.54) is 39.0 Å². The molecule has 0 spiro atoms. The van der Waals surface area contributed by atoms with Crippen LogP contribution in [0.1, 0.15) is 27.8 Å². The first-order valence-electron chi connectivity index (χ1n) is 7.92. The zero-order chi connectivity index (χ0) is 16.4. The van der Waals surface area contributed by atoms with Crippen molar-refractivity contribution in [2.45, 2.75) is 20.8 Å². The molecule has 0 radical (unpaired) electrons. The Hall–Kier alpha value is -2.67. The molecule has 1 aliphatic carbocycles. The van der Waals surface area contributed by atoms with Crippen molar-refractivity contribution in [1.29, 1.82) is 0 Å². The SMILES string of the molecule is Cc1ccc(C(=C2C=CC(=[NH2+])C=C2)c2ccc(C)c(C)c2)cc1.